The van der Waals surface area contributed by atoms with Crippen LogP contribution in [0.25, 0.3) is 0 Å². The van der Waals surface area contributed by atoms with Gasteiger partial charge in [-0.1, -0.05) is 6.42 Å². The Labute approximate surface area is 111 Å². The summed E-state index contributed by atoms with van der Waals surface area (Å²) in [7, 11) is 1.48. The van der Waals surface area contributed by atoms with Gasteiger partial charge in [-0.3, -0.25) is 0 Å². The summed E-state index contributed by atoms with van der Waals surface area (Å²) in [6.45, 7) is 0.975. The minimum Gasteiger partial charge on any atom is -0.467 e. The van der Waals surface area contributed by atoms with E-state index in [-0.39, 0.29) is 17.9 Å². The van der Waals surface area contributed by atoms with Gasteiger partial charge >= 0.3 is 6.01 Å². The number of nitrogens with zero attached hydrogens (tertiary/aromatic N) is 3. The lowest BCUT2D eigenvalue weighted by Gasteiger charge is -2.17. The third-order valence-corrected chi connectivity index (χ3v) is 3.51. The molecular formula is C11H17ClN4O2. The number of hydrogen-bond donors (Lipinski definition) is 2. The van der Waals surface area contributed by atoms with Gasteiger partial charge in [0.25, 0.3) is 0 Å². The molecule has 0 bridgehead atoms. The average molecular weight is 273 g/mol. The number of aromatic nitrogens is 3. The van der Waals surface area contributed by atoms with E-state index in [1.54, 1.807) is 0 Å². The predicted octanol–water partition coefficient (Wildman–Crippen LogP) is 1.35. The Morgan fingerprint density at radius 1 is 1.33 bits per heavy atom. The van der Waals surface area contributed by atoms with E-state index >= 15 is 0 Å². The van der Waals surface area contributed by atoms with Crippen molar-refractivity contribution in [3.05, 3.63) is 5.28 Å². The van der Waals surface area contributed by atoms with Gasteiger partial charge in [0.2, 0.25) is 11.2 Å². The van der Waals surface area contributed by atoms with Crippen LogP contribution in [-0.4, -0.2) is 40.3 Å². The highest BCUT2D eigenvalue weighted by Crippen LogP contribution is 2.31. The molecule has 1 aromatic rings. The summed E-state index contributed by atoms with van der Waals surface area (Å²) in [5.41, 5.74) is 0. The van der Waals surface area contributed by atoms with Crippen LogP contribution < -0.4 is 10.1 Å². The second kappa shape index (κ2) is 6.15. The fraction of sp³-hybridized carbons (Fsp3) is 0.727. The van der Waals surface area contributed by atoms with Crippen LogP contribution in [-0.2, 0) is 0 Å². The summed E-state index contributed by atoms with van der Waals surface area (Å²) in [6.07, 6.45) is 3.37. The van der Waals surface area contributed by atoms with Gasteiger partial charge in [-0.05, 0) is 36.3 Å². The lowest BCUT2D eigenvalue weighted by molar-refractivity contribution is 0.198. The van der Waals surface area contributed by atoms with Gasteiger partial charge < -0.3 is 15.2 Å². The lowest BCUT2D eigenvalue weighted by atomic mass is 9.97. The Morgan fingerprint density at radius 3 is 2.83 bits per heavy atom. The summed E-state index contributed by atoms with van der Waals surface area (Å²) in [5.74, 6) is 1.24. The molecule has 100 valence electrons. The molecule has 0 spiro atoms. The summed E-state index contributed by atoms with van der Waals surface area (Å²) < 4.78 is 4.92. The van der Waals surface area contributed by atoms with E-state index in [0.717, 1.165) is 19.4 Å². The van der Waals surface area contributed by atoms with E-state index in [2.05, 4.69) is 20.3 Å². The topological polar surface area (TPSA) is 80.2 Å². The van der Waals surface area contributed by atoms with Crippen molar-refractivity contribution < 1.29 is 9.84 Å². The maximum atomic E-state index is 9.25. The molecule has 6 nitrogen and oxygen atoms in total. The van der Waals surface area contributed by atoms with Crippen LogP contribution in [0.1, 0.15) is 19.3 Å². The quantitative estimate of drug-likeness (QED) is 0.842. The van der Waals surface area contributed by atoms with Crippen LogP contribution in [0.2, 0.25) is 5.28 Å². The van der Waals surface area contributed by atoms with Gasteiger partial charge in [0.1, 0.15) is 0 Å². The van der Waals surface area contributed by atoms with Gasteiger partial charge in [0.05, 0.1) is 7.11 Å². The Hall–Kier alpha value is -1.14. The zero-order valence-electron chi connectivity index (χ0n) is 10.3. The van der Waals surface area contributed by atoms with E-state index in [1.165, 1.54) is 13.5 Å². The standard InChI is InChI=1S/C11H17ClN4O2/c1-18-11-15-9(12)14-10(16-11)13-5-7-3-2-4-8(7)6-17/h7-8,17H,2-6H2,1H3,(H,13,14,15,16). The van der Waals surface area contributed by atoms with Gasteiger partial charge in [0, 0.05) is 13.2 Å². The normalized spacial score (nSPS) is 23.1. The lowest BCUT2D eigenvalue weighted by Crippen LogP contribution is -2.21. The molecule has 1 aliphatic carbocycles. The Kier molecular flexibility index (Phi) is 4.54. The van der Waals surface area contributed by atoms with Crippen molar-refractivity contribution >= 4 is 17.5 Å². The van der Waals surface area contributed by atoms with Gasteiger partial charge in [-0.15, -0.1) is 0 Å². The number of anilines is 1. The highest BCUT2D eigenvalue weighted by Gasteiger charge is 2.26. The molecule has 2 rings (SSSR count). The number of ether oxygens (including phenoxy) is 1. The van der Waals surface area contributed by atoms with Crippen LogP contribution in [0, 0.1) is 11.8 Å². The zero-order chi connectivity index (χ0) is 13.0. The first kappa shape index (κ1) is 13.3. The molecule has 0 aromatic carbocycles. The molecule has 1 heterocycles. The largest absolute Gasteiger partial charge is 0.467 e. The highest BCUT2D eigenvalue weighted by atomic mass is 35.5. The molecule has 1 aliphatic rings. The summed E-state index contributed by atoms with van der Waals surface area (Å²) in [4.78, 5) is 11.8. The van der Waals surface area contributed by atoms with Gasteiger partial charge in [-0.25, -0.2) is 0 Å². The maximum Gasteiger partial charge on any atom is 0.322 e. The number of halogens is 1. The SMILES string of the molecule is COc1nc(Cl)nc(NCC2CCCC2CO)n1. The number of aliphatic hydroxyl groups is 1. The molecule has 1 saturated carbocycles. The third-order valence-electron chi connectivity index (χ3n) is 3.34. The smallest absolute Gasteiger partial charge is 0.322 e. The fourth-order valence-electron chi connectivity index (χ4n) is 2.35. The molecule has 0 radical (unpaired) electrons. The maximum absolute atomic E-state index is 9.25. The summed E-state index contributed by atoms with van der Waals surface area (Å²) in [5, 5.41) is 12.5. The van der Waals surface area contributed by atoms with Crippen molar-refractivity contribution in [3.8, 4) is 6.01 Å². The number of hydrogen-bond acceptors (Lipinski definition) is 6. The van der Waals surface area contributed by atoms with Crippen molar-refractivity contribution in [3.63, 3.8) is 0 Å². The molecule has 2 atom stereocenters. The molecule has 1 fully saturated rings. The van der Waals surface area contributed by atoms with Crippen molar-refractivity contribution in [2.24, 2.45) is 11.8 Å². The highest BCUT2D eigenvalue weighted by molar-refractivity contribution is 6.28. The van der Waals surface area contributed by atoms with Gasteiger partial charge in [-0.2, -0.15) is 15.0 Å². The van der Waals surface area contributed by atoms with E-state index in [1.807, 2.05) is 0 Å². The molecule has 0 amide bonds. The van der Waals surface area contributed by atoms with E-state index in [4.69, 9.17) is 16.3 Å². The monoisotopic (exact) mass is 272 g/mol. The zero-order valence-corrected chi connectivity index (χ0v) is 11.0. The van der Waals surface area contributed by atoms with Crippen molar-refractivity contribution in [1.82, 2.24) is 15.0 Å². The molecule has 2 N–H and O–H groups in total. The molecule has 18 heavy (non-hydrogen) atoms. The van der Waals surface area contributed by atoms with Crippen molar-refractivity contribution in [1.29, 1.82) is 0 Å². The first-order valence-corrected chi connectivity index (χ1v) is 6.41. The summed E-state index contributed by atoms with van der Waals surface area (Å²) >= 11 is 5.76. The first-order valence-electron chi connectivity index (χ1n) is 6.03. The minimum absolute atomic E-state index is 0.106. The van der Waals surface area contributed by atoms with Gasteiger partial charge in [0.15, 0.2) is 0 Å². The molecule has 0 aliphatic heterocycles. The van der Waals surface area contributed by atoms with E-state index in [0.29, 0.717) is 17.8 Å². The van der Waals surface area contributed by atoms with Crippen LogP contribution in [0.15, 0.2) is 0 Å². The predicted molar refractivity (Wildman–Crippen MR) is 67.8 cm³/mol. The van der Waals surface area contributed by atoms with Crippen molar-refractivity contribution in [2.75, 3.05) is 25.6 Å². The molecule has 1 aromatic heterocycles. The van der Waals surface area contributed by atoms with E-state index in [9.17, 15) is 5.11 Å². The Balaban J connectivity index is 1.95. The number of rotatable bonds is 5. The number of methoxy groups -OCH3 is 1. The average Bonchev–Trinajstić information content (AvgIpc) is 2.83. The molecule has 7 heteroatoms. The number of aliphatic hydroxyl groups excluding tert-OH is 1. The van der Waals surface area contributed by atoms with Crippen LogP contribution in [0.5, 0.6) is 6.01 Å². The van der Waals surface area contributed by atoms with Crippen molar-refractivity contribution in [2.45, 2.75) is 19.3 Å². The molecule has 0 saturated heterocycles. The van der Waals surface area contributed by atoms with E-state index < -0.39 is 0 Å². The number of nitrogens with one attached hydrogen (secondary N) is 1. The third kappa shape index (κ3) is 3.20. The second-order valence-electron chi connectivity index (χ2n) is 4.43. The first-order chi connectivity index (χ1) is 8.72. The Bertz CT molecular complexity index is 405. The van der Waals surface area contributed by atoms with Crippen LogP contribution >= 0.6 is 11.6 Å². The Morgan fingerprint density at radius 2 is 2.11 bits per heavy atom. The second-order valence-corrected chi connectivity index (χ2v) is 4.77. The summed E-state index contributed by atoms with van der Waals surface area (Å²) in [6, 6.07) is 0.197. The van der Waals surface area contributed by atoms with Crippen LogP contribution in [0.4, 0.5) is 5.95 Å². The minimum atomic E-state index is 0.106. The molecular weight excluding hydrogens is 256 g/mol. The fourth-order valence-corrected chi connectivity index (χ4v) is 2.50. The van der Waals surface area contributed by atoms with Crippen LogP contribution in [0.3, 0.4) is 0 Å². The molecule has 2 unspecified atom stereocenters.